The zero-order chi connectivity index (χ0) is 29.0. The molecule has 6 atom stereocenters. The first-order valence-electron chi connectivity index (χ1n) is 15.1. The fourth-order valence-electron chi connectivity index (χ4n) is 8.34. The van der Waals surface area contributed by atoms with Crippen molar-refractivity contribution in [3.8, 4) is 23.1 Å². The molecule has 9 rings (SSSR count). The summed E-state index contributed by atoms with van der Waals surface area (Å²) in [6, 6.07) is 6.11. The van der Waals surface area contributed by atoms with Crippen LogP contribution in [0.3, 0.4) is 0 Å². The van der Waals surface area contributed by atoms with E-state index >= 15 is 4.39 Å². The molecule has 1 aromatic carbocycles. The maximum Gasteiger partial charge on any atom is 0.319 e. The summed E-state index contributed by atoms with van der Waals surface area (Å²) in [5.41, 5.74) is 6.93. The van der Waals surface area contributed by atoms with Crippen LogP contribution in [0.1, 0.15) is 39.0 Å². The molecule has 0 amide bonds. The lowest BCUT2D eigenvalue weighted by Crippen LogP contribution is -2.62. The third-order valence-corrected chi connectivity index (χ3v) is 11.0. The van der Waals surface area contributed by atoms with E-state index < -0.39 is 12.0 Å². The van der Waals surface area contributed by atoms with Gasteiger partial charge in [-0.3, -0.25) is 4.90 Å². The van der Waals surface area contributed by atoms with Crippen molar-refractivity contribution in [2.75, 3.05) is 36.9 Å². The summed E-state index contributed by atoms with van der Waals surface area (Å²) in [6.07, 6.45) is 3.24. The number of alkyl halides is 1. The number of nitrogen functional groups attached to an aromatic ring is 1. The summed E-state index contributed by atoms with van der Waals surface area (Å²) in [4.78, 5) is 23.3. The fraction of sp³-hybridized carbons (Fsp3) is 0.533. The molecule has 8 heterocycles. The summed E-state index contributed by atoms with van der Waals surface area (Å²) in [5.74, 6) is 0.277. The van der Waals surface area contributed by atoms with Gasteiger partial charge in [0.2, 0.25) is 5.88 Å². The van der Waals surface area contributed by atoms with E-state index in [1.807, 2.05) is 19.1 Å². The Labute approximate surface area is 250 Å². The van der Waals surface area contributed by atoms with Gasteiger partial charge in [0, 0.05) is 37.2 Å². The summed E-state index contributed by atoms with van der Waals surface area (Å²) in [5, 5.41) is 4.57. The number of piperazine rings is 1. The average molecular weight is 607 g/mol. The van der Waals surface area contributed by atoms with Crippen molar-refractivity contribution >= 4 is 43.4 Å². The highest BCUT2D eigenvalue weighted by atomic mass is 32.1. The highest BCUT2D eigenvalue weighted by Gasteiger charge is 2.50. The second-order valence-electron chi connectivity index (χ2n) is 12.7. The molecule has 10 nitrogen and oxygen atoms in total. The van der Waals surface area contributed by atoms with Crippen LogP contribution < -0.4 is 25.4 Å². The van der Waals surface area contributed by atoms with Crippen molar-refractivity contribution in [2.45, 2.75) is 75.0 Å². The number of fused-ring (bicyclic) bond motifs is 7. The van der Waals surface area contributed by atoms with Gasteiger partial charge in [-0.25, -0.2) is 18.7 Å². The molecule has 0 unspecified atom stereocenters. The average Bonchev–Trinajstić information content (AvgIpc) is 3.72. The van der Waals surface area contributed by atoms with Crippen LogP contribution in [0.15, 0.2) is 18.2 Å². The van der Waals surface area contributed by atoms with Gasteiger partial charge in [-0.05, 0) is 45.2 Å². The molecular formula is C30H32F2N8O2S. The molecule has 4 saturated heterocycles. The Hall–Kier alpha value is -3.42. The van der Waals surface area contributed by atoms with Gasteiger partial charge in [-0.2, -0.15) is 9.97 Å². The Balaban J connectivity index is 1.23. The predicted molar refractivity (Wildman–Crippen MR) is 160 cm³/mol. The van der Waals surface area contributed by atoms with E-state index in [4.69, 9.17) is 25.2 Å². The second-order valence-corrected chi connectivity index (χ2v) is 13.8. The van der Waals surface area contributed by atoms with Gasteiger partial charge < -0.3 is 25.4 Å². The van der Waals surface area contributed by atoms with E-state index in [9.17, 15) is 4.39 Å². The van der Waals surface area contributed by atoms with E-state index in [0.717, 1.165) is 36.9 Å². The molecule has 2 bridgehead atoms. The second kappa shape index (κ2) is 9.29. The molecule has 3 aromatic heterocycles. The third-order valence-electron chi connectivity index (χ3n) is 10.1. The maximum absolute atomic E-state index is 16.8. The van der Waals surface area contributed by atoms with Gasteiger partial charge in [-0.15, -0.1) is 0 Å². The molecule has 0 aliphatic carbocycles. The molecule has 0 spiro atoms. The summed E-state index contributed by atoms with van der Waals surface area (Å²) < 4.78 is 45.0. The van der Waals surface area contributed by atoms with Gasteiger partial charge in [0.1, 0.15) is 41.3 Å². The van der Waals surface area contributed by atoms with Crippen molar-refractivity contribution in [3.63, 3.8) is 0 Å². The van der Waals surface area contributed by atoms with Gasteiger partial charge >= 0.3 is 6.01 Å². The number of ether oxygens (including phenoxy) is 2. The SMILES string of the molecule is C[C@@H]1Oc2nc(-c3cccc4sc(N)nc34)c(F)c3nc(OC[C@@]45CCCN4C[C@H](F)C5)nc(c23)N2C[C@H]3CC[C@H](N3)[C@@H]12. The molecular weight excluding hydrogens is 574 g/mol. The first-order chi connectivity index (χ1) is 20.9. The fourth-order valence-corrected chi connectivity index (χ4v) is 9.10. The third kappa shape index (κ3) is 3.86. The standard InChI is InChI=1S/C30H32F2N8O2S/c1-14-25-18-7-6-16(34-18)12-40(25)26-20-24(37-29(38-26)41-13-30-8-3-9-39(30)11-15(31)10-30)21(32)23(35-27(20)42-14)17-4-2-5-19-22(17)36-28(33)43-19/h2,4-5,14-16,18,25,34H,3,6-13H2,1H3,(H2,33,36)/t14-,15+,16+,18-,25+,30-/m0/s1. The molecule has 0 saturated carbocycles. The minimum Gasteiger partial charge on any atom is -0.472 e. The lowest BCUT2D eigenvalue weighted by molar-refractivity contribution is 0.107. The summed E-state index contributed by atoms with van der Waals surface area (Å²) >= 11 is 1.34. The van der Waals surface area contributed by atoms with Gasteiger partial charge in [0.25, 0.3) is 0 Å². The van der Waals surface area contributed by atoms with Crippen LogP contribution in [-0.2, 0) is 0 Å². The zero-order valence-electron chi connectivity index (χ0n) is 23.7. The maximum atomic E-state index is 16.8. The minimum absolute atomic E-state index is 0.0294. The lowest BCUT2D eigenvalue weighted by atomic mass is 9.95. The molecule has 5 aliphatic rings. The molecule has 43 heavy (non-hydrogen) atoms. The van der Waals surface area contributed by atoms with Crippen LogP contribution in [0, 0.1) is 5.82 Å². The molecule has 5 aliphatic heterocycles. The van der Waals surface area contributed by atoms with E-state index in [0.29, 0.717) is 58.8 Å². The molecule has 13 heteroatoms. The Morgan fingerprint density at radius 2 is 2.09 bits per heavy atom. The first-order valence-corrected chi connectivity index (χ1v) is 16.0. The quantitative estimate of drug-likeness (QED) is 0.352. The van der Waals surface area contributed by atoms with Crippen molar-refractivity contribution in [2.24, 2.45) is 0 Å². The van der Waals surface area contributed by atoms with Gasteiger partial charge in [0.15, 0.2) is 10.9 Å². The van der Waals surface area contributed by atoms with E-state index in [1.165, 1.54) is 11.3 Å². The van der Waals surface area contributed by atoms with Gasteiger partial charge in [-0.1, -0.05) is 23.5 Å². The van der Waals surface area contributed by atoms with Crippen LogP contribution in [0.4, 0.5) is 19.7 Å². The molecule has 4 aromatic rings. The first kappa shape index (κ1) is 26.0. The highest BCUT2D eigenvalue weighted by molar-refractivity contribution is 7.22. The van der Waals surface area contributed by atoms with Crippen molar-refractivity contribution < 1.29 is 18.3 Å². The Morgan fingerprint density at radius 3 is 3.00 bits per heavy atom. The number of pyridine rings is 1. The van der Waals surface area contributed by atoms with Crippen LogP contribution in [0.25, 0.3) is 32.4 Å². The van der Waals surface area contributed by atoms with E-state index in [2.05, 4.69) is 25.1 Å². The largest absolute Gasteiger partial charge is 0.472 e. The number of hydrogen-bond donors (Lipinski definition) is 2. The zero-order valence-corrected chi connectivity index (χ0v) is 24.5. The normalized spacial score (nSPS) is 31.3. The number of nitrogens with zero attached hydrogens (tertiary/aromatic N) is 6. The topological polar surface area (TPSA) is 115 Å². The summed E-state index contributed by atoms with van der Waals surface area (Å²) in [6.45, 7) is 4.28. The Bertz CT molecular complexity index is 1790. The number of nitrogens with one attached hydrogen (secondary N) is 1. The van der Waals surface area contributed by atoms with Crippen LogP contribution >= 0.6 is 11.3 Å². The molecule has 3 N–H and O–H groups in total. The number of thiazole rings is 1. The van der Waals surface area contributed by atoms with Crippen molar-refractivity contribution in [3.05, 3.63) is 24.0 Å². The van der Waals surface area contributed by atoms with Crippen molar-refractivity contribution in [1.29, 1.82) is 0 Å². The Kier molecular flexibility index (Phi) is 5.62. The lowest BCUT2D eigenvalue weighted by Gasteiger charge is -2.42. The van der Waals surface area contributed by atoms with Crippen LogP contribution in [-0.4, -0.2) is 87.0 Å². The smallest absolute Gasteiger partial charge is 0.319 e. The van der Waals surface area contributed by atoms with Gasteiger partial charge in [0.05, 0.1) is 21.8 Å². The van der Waals surface area contributed by atoms with Crippen LogP contribution in [0.5, 0.6) is 11.9 Å². The van der Waals surface area contributed by atoms with E-state index in [-0.39, 0.29) is 47.6 Å². The highest BCUT2D eigenvalue weighted by Crippen LogP contribution is 2.46. The van der Waals surface area contributed by atoms with Crippen LogP contribution in [0.2, 0.25) is 0 Å². The Morgan fingerprint density at radius 1 is 1.19 bits per heavy atom. The number of hydrogen-bond acceptors (Lipinski definition) is 11. The number of benzene rings is 1. The molecule has 4 fully saturated rings. The number of anilines is 2. The number of rotatable bonds is 4. The number of para-hydroxylation sites is 1. The van der Waals surface area contributed by atoms with E-state index in [1.54, 1.807) is 6.07 Å². The molecule has 224 valence electrons. The minimum atomic E-state index is -0.877. The monoisotopic (exact) mass is 606 g/mol. The number of nitrogens with two attached hydrogens (primary N) is 1. The number of aromatic nitrogens is 4. The summed E-state index contributed by atoms with van der Waals surface area (Å²) in [7, 11) is 0. The van der Waals surface area contributed by atoms with Crippen molar-refractivity contribution in [1.82, 2.24) is 30.2 Å². The number of halogens is 2. The molecule has 0 radical (unpaired) electrons. The predicted octanol–water partition coefficient (Wildman–Crippen LogP) is 4.07.